The fraction of sp³-hybridized carbons (Fsp3) is 0.286. The molecular weight excluding hydrogens is 390 g/mol. The summed E-state index contributed by atoms with van der Waals surface area (Å²) in [6.07, 6.45) is 1.05. The fourth-order valence-corrected chi connectivity index (χ4v) is 4.17. The Bertz CT molecular complexity index is 935. The van der Waals surface area contributed by atoms with Gasteiger partial charge in [-0.25, -0.2) is 4.98 Å². The molecule has 28 heavy (non-hydrogen) atoms. The average molecular weight is 414 g/mol. The molecule has 3 rings (SSSR count). The zero-order valence-corrected chi connectivity index (χ0v) is 17.5. The van der Waals surface area contributed by atoms with Crippen molar-refractivity contribution in [1.29, 1.82) is 0 Å². The molecule has 1 unspecified atom stereocenters. The van der Waals surface area contributed by atoms with Crippen LogP contribution in [0.1, 0.15) is 31.5 Å². The van der Waals surface area contributed by atoms with Gasteiger partial charge >= 0.3 is 0 Å². The number of nitrogens with zero attached hydrogens (tertiary/aromatic N) is 1. The molecule has 0 saturated carbocycles. The Morgan fingerprint density at radius 3 is 2.79 bits per heavy atom. The van der Waals surface area contributed by atoms with Gasteiger partial charge in [-0.1, -0.05) is 32.0 Å². The molecule has 0 bridgehead atoms. The first kappa shape index (κ1) is 20.2. The summed E-state index contributed by atoms with van der Waals surface area (Å²) in [5.41, 5.74) is 2.46. The number of thiazole rings is 1. The second kappa shape index (κ2) is 9.61. The van der Waals surface area contributed by atoms with Crippen molar-refractivity contribution in [3.8, 4) is 9.88 Å². The van der Waals surface area contributed by atoms with E-state index >= 15 is 0 Å². The van der Waals surface area contributed by atoms with Gasteiger partial charge in [-0.2, -0.15) is 0 Å². The van der Waals surface area contributed by atoms with Gasteiger partial charge in [0.15, 0.2) is 0 Å². The minimum Gasteiger partial charge on any atom is -0.352 e. The first-order chi connectivity index (χ1) is 13.5. The third kappa shape index (κ3) is 5.50. The summed E-state index contributed by atoms with van der Waals surface area (Å²) in [4.78, 5) is 29.9. The van der Waals surface area contributed by atoms with Crippen molar-refractivity contribution < 1.29 is 9.59 Å². The highest BCUT2D eigenvalue weighted by Gasteiger charge is 2.12. The standard InChI is InChI=1S/C21H23N3O2S2/c1-3-14(2)20(26)23-16-7-4-6-15(10-16)12-22-19(25)11-17-13-28-21(24-17)18-8-5-9-27-18/h4-10,13-14H,3,11-12H2,1-2H3,(H,22,25)(H,23,26). The number of hydrogen-bond donors (Lipinski definition) is 2. The number of carbonyl (C=O) groups is 2. The normalized spacial score (nSPS) is 11.8. The lowest BCUT2D eigenvalue weighted by atomic mass is 10.1. The molecule has 0 radical (unpaired) electrons. The Morgan fingerprint density at radius 2 is 2.04 bits per heavy atom. The SMILES string of the molecule is CCC(C)C(=O)Nc1cccc(CNC(=O)Cc2csc(-c3cccs3)n2)c1. The number of benzene rings is 1. The Morgan fingerprint density at radius 1 is 1.18 bits per heavy atom. The molecule has 2 heterocycles. The maximum atomic E-state index is 12.3. The minimum absolute atomic E-state index is 0.00811. The molecule has 7 heteroatoms. The fourth-order valence-electron chi connectivity index (χ4n) is 2.54. The molecule has 2 aromatic heterocycles. The van der Waals surface area contributed by atoms with Crippen molar-refractivity contribution in [2.24, 2.45) is 5.92 Å². The topological polar surface area (TPSA) is 71.1 Å². The highest BCUT2D eigenvalue weighted by atomic mass is 32.1. The van der Waals surface area contributed by atoms with E-state index in [4.69, 9.17) is 0 Å². The quantitative estimate of drug-likeness (QED) is 0.561. The van der Waals surface area contributed by atoms with Gasteiger partial charge in [0, 0.05) is 23.5 Å². The van der Waals surface area contributed by atoms with Gasteiger partial charge in [0.25, 0.3) is 0 Å². The second-order valence-electron chi connectivity index (χ2n) is 6.57. The Hall–Kier alpha value is -2.51. The first-order valence-corrected chi connectivity index (χ1v) is 11.0. The number of aromatic nitrogens is 1. The van der Waals surface area contributed by atoms with E-state index in [9.17, 15) is 9.59 Å². The molecular formula is C21H23N3O2S2. The number of amides is 2. The van der Waals surface area contributed by atoms with Crippen LogP contribution in [0.25, 0.3) is 9.88 Å². The lowest BCUT2D eigenvalue weighted by Gasteiger charge is -2.11. The van der Waals surface area contributed by atoms with Gasteiger partial charge < -0.3 is 10.6 Å². The largest absolute Gasteiger partial charge is 0.352 e. The van der Waals surface area contributed by atoms with Crippen LogP contribution in [0, 0.1) is 5.92 Å². The van der Waals surface area contributed by atoms with Crippen molar-refractivity contribution in [3.63, 3.8) is 0 Å². The highest BCUT2D eigenvalue weighted by molar-refractivity contribution is 7.20. The predicted octanol–water partition coefficient (Wildman–Crippen LogP) is 4.72. The molecule has 0 saturated heterocycles. The Kier molecular flexibility index (Phi) is 6.95. The maximum Gasteiger partial charge on any atom is 0.227 e. The van der Waals surface area contributed by atoms with Crippen LogP contribution in [0.15, 0.2) is 47.2 Å². The van der Waals surface area contributed by atoms with Crippen molar-refractivity contribution in [3.05, 3.63) is 58.4 Å². The summed E-state index contributed by atoms with van der Waals surface area (Å²) in [6, 6.07) is 11.6. The number of hydrogen-bond acceptors (Lipinski definition) is 5. The van der Waals surface area contributed by atoms with Crippen LogP contribution in [0.5, 0.6) is 0 Å². The van der Waals surface area contributed by atoms with Crippen LogP contribution < -0.4 is 10.6 Å². The van der Waals surface area contributed by atoms with Crippen LogP contribution in [-0.2, 0) is 22.6 Å². The van der Waals surface area contributed by atoms with Crippen molar-refractivity contribution >= 4 is 40.2 Å². The van der Waals surface area contributed by atoms with Gasteiger partial charge in [-0.05, 0) is 35.6 Å². The summed E-state index contributed by atoms with van der Waals surface area (Å²) in [5.74, 6) is -0.0913. The Labute approximate surface area is 172 Å². The predicted molar refractivity (Wildman–Crippen MR) is 116 cm³/mol. The number of carbonyl (C=O) groups excluding carboxylic acids is 2. The molecule has 2 N–H and O–H groups in total. The zero-order chi connectivity index (χ0) is 19.9. The number of rotatable bonds is 8. The number of thiophene rings is 1. The van der Waals surface area contributed by atoms with Crippen molar-refractivity contribution in [2.75, 3.05) is 5.32 Å². The summed E-state index contributed by atoms with van der Waals surface area (Å²) in [5, 5.41) is 10.7. The second-order valence-corrected chi connectivity index (χ2v) is 8.38. The molecule has 0 spiro atoms. The van der Waals surface area contributed by atoms with Gasteiger partial charge in [-0.3, -0.25) is 9.59 Å². The smallest absolute Gasteiger partial charge is 0.227 e. The summed E-state index contributed by atoms with van der Waals surface area (Å²) >= 11 is 3.20. The molecule has 0 aliphatic carbocycles. The van der Waals surface area contributed by atoms with Crippen LogP contribution in [-0.4, -0.2) is 16.8 Å². The molecule has 5 nitrogen and oxygen atoms in total. The summed E-state index contributed by atoms with van der Waals surface area (Å²) < 4.78 is 0. The van der Waals surface area contributed by atoms with Crippen LogP contribution in [0.2, 0.25) is 0 Å². The average Bonchev–Trinajstić information content (AvgIpc) is 3.37. The van der Waals surface area contributed by atoms with Gasteiger partial charge in [0.05, 0.1) is 17.0 Å². The zero-order valence-electron chi connectivity index (χ0n) is 15.9. The minimum atomic E-state index is -0.0722. The third-order valence-electron chi connectivity index (χ3n) is 4.37. The van der Waals surface area contributed by atoms with E-state index in [0.29, 0.717) is 6.54 Å². The van der Waals surface area contributed by atoms with Crippen molar-refractivity contribution in [2.45, 2.75) is 33.2 Å². The van der Waals surface area contributed by atoms with E-state index in [1.807, 2.05) is 61.0 Å². The van der Waals surface area contributed by atoms with Crippen molar-refractivity contribution in [1.82, 2.24) is 10.3 Å². The van der Waals surface area contributed by atoms with Gasteiger partial charge in [0.1, 0.15) is 5.01 Å². The molecule has 1 aromatic carbocycles. The summed E-state index contributed by atoms with van der Waals surface area (Å²) in [6.45, 7) is 4.30. The summed E-state index contributed by atoms with van der Waals surface area (Å²) in [7, 11) is 0. The van der Waals surface area contributed by atoms with Gasteiger partial charge in [-0.15, -0.1) is 22.7 Å². The molecule has 3 aromatic rings. The van der Waals surface area contributed by atoms with E-state index in [1.54, 1.807) is 22.7 Å². The third-order valence-corrected chi connectivity index (χ3v) is 6.30. The first-order valence-electron chi connectivity index (χ1n) is 9.20. The lowest BCUT2D eigenvalue weighted by molar-refractivity contribution is -0.121. The molecule has 0 fully saturated rings. The number of anilines is 1. The Balaban J connectivity index is 1.52. The number of nitrogens with one attached hydrogen (secondary N) is 2. The van der Waals surface area contributed by atoms with E-state index < -0.39 is 0 Å². The molecule has 146 valence electrons. The van der Waals surface area contributed by atoms with Gasteiger partial charge in [0.2, 0.25) is 11.8 Å². The lowest BCUT2D eigenvalue weighted by Crippen LogP contribution is -2.25. The maximum absolute atomic E-state index is 12.3. The van der Waals surface area contributed by atoms with Crippen LogP contribution in [0.3, 0.4) is 0 Å². The van der Waals surface area contributed by atoms with E-state index in [0.717, 1.165) is 33.3 Å². The molecule has 1 atom stereocenters. The monoisotopic (exact) mass is 413 g/mol. The molecule has 0 aliphatic heterocycles. The molecule has 2 amide bonds. The van der Waals surface area contributed by atoms with Crippen LogP contribution in [0.4, 0.5) is 5.69 Å². The molecule has 0 aliphatic rings. The van der Waals surface area contributed by atoms with Crippen LogP contribution >= 0.6 is 22.7 Å². The van der Waals surface area contributed by atoms with E-state index in [-0.39, 0.29) is 24.2 Å². The van der Waals surface area contributed by atoms with E-state index in [2.05, 4.69) is 15.6 Å². The highest BCUT2D eigenvalue weighted by Crippen LogP contribution is 2.27. The van der Waals surface area contributed by atoms with E-state index in [1.165, 1.54) is 0 Å².